The molecule has 0 amide bonds. The topological polar surface area (TPSA) is 26.3 Å². The highest BCUT2D eigenvalue weighted by Gasteiger charge is 2.41. The van der Waals surface area contributed by atoms with Gasteiger partial charge >= 0.3 is 5.97 Å². The number of carbonyl (C=O) groups is 1. The lowest BCUT2D eigenvalue weighted by Crippen LogP contribution is -2.46. The van der Waals surface area contributed by atoms with E-state index in [2.05, 4.69) is 12.1 Å². The Morgan fingerprint density at radius 2 is 1.67 bits per heavy atom. The molecule has 1 unspecified atom stereocenters. The Hall–Kier alpha value is -1.80. The van der Waals surface area contributed by atoms with E-state index in [1.165, 1.54) is 5.56 Å². The first-order chi connectivity index (χ1) is 10.2. The molecule has 0 radical (unpaired) electrons. The zero-order chi connectivity index (χ0) is 14.7. The molecule has 1 aliphatic heterocycles. The van der Waals surface area contributed by atoms with Gasteiger partial charge in [0, 0.05) is 5.02 Å². The fourth-order valence-electron chi connectivity index (χ4n) is 2.70. The Balaban J connectivity index is 1.57. The lowest BCUT2D eigenvalue weighted by Gasteiger charge is -2.35. The molecule has 1 heterocycles. The molecule has 0 aromatic heterocycles. The van der Waals surface area contributed by atoms with Crippen molar-refractivity contribution in [2.75, 3.05) is 0 Å². The fraction of sp³-hybridized carbons (Fsp3) is 0.278. The van der Waals surface area contributed by atoms with Gasteiger partial charge in [0.25, 0.3) is 0 Å². The van der Waals surface area contributed by atoms with E-state index >= 15 is 0 Å². The van der Waals surface area contributed by atoms with Crippen LogP contribution in [0.15, 0.2) is 54.6 Å². The van der Waals surface area contributed by atoms with Crippen molar-refractivity contribution in [2.24, 2.45) is 5.92 Å². The molecule has 21 heavy (non-hydrogen) atoms. The van der Waals surface area contributed by atoms with Gasteiger partial charge in [0.15, 0.2) is 0 Å². The molecule has 108 valence electrons. The molecule has 2 aromatic rings. The van der Waals surface area contributed by atoms with E-state index in [1.54, 1.807) is 0 Å². The van der Waals surface area contributed by atoms with Crippen molar-refractivity contribution in [2.45, 2.75) is 25.4 Å². The van der Waals surface area contributed by atoms with E-state index in [4.69, 9.17) is 16.3 Å². The van der Waals surface area contributed by atoms with E-state index in [0.29, 0.717) is 0 Å². The van der Waals surface area contributed by atoms with Crippen LogP contribution in [-0.4, -0.2) is 12.1 Å². The molecule has 0 aliphatic carbocycles. The molecule has 2 atom stereocenters. The maximum absolute atomic E-state index is 11.7. The van der Waals surface area contributed by atoms with Crippen LogP contribution in [0, 0.1) is 5.92 Å². The van der Waals surface area contributed by atoms with Crippen LogP contribution in [0.3, 0.4) is 0 Å². The van der Waals surface area contributed by atoms with Gasteiger partial charge in [0.2, 0.25) is 0 Å². The molecule has 0 bridgehead atoms. The lowest BCUT2D eigenvalue weighted by molar-refractivity contribution is -0.184. The number of ether oxygens (including phenoxy) is 1. The van der Waals surface area contributed by atoms with Crippen LogP contribution >= 0.6 is 11.6 Å². The van der Waals surface area contributed by atoms with E-state index in [-0.39, 0.29) is 18.0 Å². The molecular weight excluding hydrogens is 284 g/mol. The first-order valence-corrected chi connectivity index (χ1v) is 7.59. The number of hydrogen-bond donors (Lipinski definition) is 0. The summed E-state index contributed by atoms with van der Waals surface area (Å²) in [6.45, 7) is 0. The molecule has 1 saturated heterocycles. The van der Waals surface area contributed by atoms with Crippen LogP contribution in [0.4, 0.5) is 0 Å². The van der Waals surface area contributed by atoms with Crippen LogP contribution in [0.2, 0.25) is 5.02 Å². The summed E-state index contributed by atoms with van der Waals surface area (Å²) in [7, 11) is 0. The van der Waals surface area contributed by atoms with Gasteiger partial charge in [-0.1, -0.05) is 54.1 Å². The van der Waals surface area contributed by atoms with Crippen molar-refractivity contribution in [1.29, 1.82) is 0 Å². The van der Waals surface area contributed by atoms with Gasteiger partial charge < -0.3 is 4.74 Å². The maximum atomic E-state index is 11.7. The second-order valence-electron chi connectivity index (χ2n) is 5.44. The number of benzene rings is 2. The molecule has 1 fully saturated rings. The number of esters is 1. The van der Waals surface area contributed by atoms with Crippen molar-refractivity contribution in [3.05, 3.63) is 70.7 Å². The number of rotatable bonds is 5. The van der Waals surface area contributed by atoms with Crippen LogP contribution < -0.4 is 0 Å². The summed E-state index contributed by atoms with van der Waals surface area (Å²) in [5, 5.41) is 0.718. The smallest absolute Gasteiger partial charge is 0.313 e. The Labute approximate surface area is 129 Å². The molecule has 0 saturated carbocycles. The summed E-state index contributed by atoms with van der Waals surface area (Å²) in [4.78, 5) is 11.7. The number of cyclic esters (lactones) is 1. The molecule has 0 spiro atoms. The predicted octanol–water partition coefficient (Wildman–Crippen LogP) is 4.06. The van der Waals surface area contributed by atoms with Crippen molar-refractivity contribution >= 4 is 17.6 Å². The molecule has 3 rings (SSSR count). The third-order valence-electron chi connectivity index (χ3n) is 3.95. The van der Waals surface area contributed by atoms with Gasteiger partial charge in [0.05, 0.1) is 5.92 Å². The summed E-state index contributed by atoms with van der Waals surface area (Å²) < 4.78 is 5.30. The first-order valence-electron chi connectivity index (χ1n) is 7.21. The quantitative estimate of drug-likeness (QED) is 0.779. The summed E-state index contributed by atoms with van der Waals surface area (Å²) in [5.74, 6) is -0.0992. The van der Waals surface area contributed by atoms with Gasteiger partial charge in [-0.25, -0.2) is 0 Å². The molecule has 3 heteroatoms. The third-order valence-corrected chi connectivity index (χ3v) is 4.20. The molecular formula is C18H17ClO2. The van der Waals surface area contributed by atoms with E-state index in [9.17, 15) is 4.79 Å². The largest absolute Gasteiger partial charge is 0.461 e. The summed E-state index contributed by atoms with van der Waals surface area (Å²) >= 11 is 5.88. The predicted molar refractivity (Wildman–Crippen MR) is 83.3 cm³/mol. The second kappa shape index (κ2) is 6.31. The fourth-order valence-corrected chi connectivity index (χ4v) is 2.83. The van der Waals surface area contributed by atoms with Crippen LogP contribution in [0.5, 0.6) is 0 Å². The van der Waals surface area contributed by atoms with Gasteiger partial charge in [-0.2, -0.15) is 0 Å². The van der Waals surface area contributed by atoms with Crippen LogP contribution in [0.1, 0.15) is 17.5 Å². The first kappa shape index (κ1) is 14.2. The minimum absolute atomic E-state index is 0.0186. The van der Waals surface area contributed by atoms with Crippen molar-refractivity contribution in [3.63, 3.8) is 0 Å². The van der Waals surface area contributed by atoms with Crippen molar-refractivity contribution < 1.29 is 9.53 Å². The van der Waals surface area contributed by atoms with Crippen LogP contribution in [-0.2, 0) is 22.4 Å². The lowest BCUT2D eigenvalue weighted by atomic mass is 9.86. The molecule has 0 N–H and O–H groups in total. The normalized spacial score (nSPS) is 20.7. The summed E-state index contributed by atoms with van der Waals surface area (Å²) in [5.41, 5.74) is 2.41. The maximum Gasteiger partial charge on any atom is 0.313 e. The molecule has 1 aliphatic rings. The van der Waals surface area contributed by atoms with E-state index < -0.39 is 0 Å². The van der Waals surface area contributed by atoms with Gasteiger partial charge in [-0.05, 0) is 42.5 Å². The number of carbonyl (C=O) groups excluding carboxylic acids is 1. The average molecular weight is 301 g/mol. The third kappa shape index (κ3) is 3.45. The van der Waals surface area contributed by atoms with E-state index in [0.717, 1.165) is 29.8 Å². The van der Waals surface area contributed by atoms with Gasteiger partial charge in [0.1, 0.15) is 6.10 Å². The number of hydrogen-bond acceptors (Lipinski definition) is 2. The zero-order valence-electron chi connectivity index (χ0n) is 11.7. The van der Waals surface area contributed by atoms with Crippen LogP contribution in [0.25, 0.3) is 0 Å². The average Bonchev–Trinajstić information content (AvgIpc) is 2.51. The highest BCUT2D eigenvalue weighted by Crippen LogP contribution is 2.30. The van der Waals surface area contributed by atoms with E-state index in [1.807, 2.05) is 42.5 Å². The summed E-state index contributed by atoms with van der Waals surface area (Å²) in [6.07, 6.45) is 2.59. The van der Waals surface area contributed by atoms with Crippen molar-refractivity contribution in [3.8, 4) is 0 Å². The summed E-state index contributed by atoms with van der Waals surface area (Å²) in [6, 6.07) is 18.0. The highest BCUT2D eigenvalue weighted by atomic mass is 35.5. The second-order valence-corrected chi connectivity index (χ2v) is 5.87. The minimum Gasteiger partial charge on any atom is -0.461 e. The van der Waals surface area contributed by atoms with Gasteiger partial charge in [-0.3, -0.25) is 4.79 Å². The minimum atomic E-state index is -0.0805. The monoisotopic (exact) mass is 300 g/mol. The Bertz CT molecular complexity index is 607. The standard InChI is InChI=1S/C18H17ClO2/c19-15-9-6-14(7-10-15)12-16-17(21-18(16)20)11-8-13-4-2-1-3-5-13/h1-7,9-10,16-17H,8,11-12H2/t16-,17?/m0/s1. The highest BCUT2D eigenvalue weighted by molar-refractivity contribution is 6.30. The van der Waals surface area contributed by atoms with Gasteiger partial charge in [-0.15, -0.1) is 0 Å². The Morgan fingerprint density at radius 1 is 0.952 bits per heavy atom. The molecule has 2 aromatic carbocycles. The van der Waals surface area contributed by atoms with Crippen molar-refractivity contribution in [1.82, 2.24) is 0 Å². The Morgan fingerprint density at radius 3 is 2.33 bits per heavy atom. The SMILES string of the molecule is O=C1OC(CCc2ccccc2)[C@@H]1Cc1ccc(Cl)cc1. The Kier molecular flexibility index (Phi) is 4.26. The number of halogens is 1. The molecule has 2 nitrogen and oxygen atoms in total. The zero-order valence-corrected chi connectivity index (χ0v) is 12.4. The number of aryl methyl sites for hydroxylation is 1.